The molecule has 1 atom stereocenters. The van der Waals surface area contributed by atoms with E-state index in [2.05, 4.69) is 5.32 Å². The van der Waals surface area contributed by atoms with E-state index in [0.717, 1.165) is 0 Å². The predicted octanol–water partition coefficient (Wildman–Crippen LogP) is 2.41. The highest BCUT2D eigenvalue weighted by atomic mass is 32.2. The molecule has 0 saturated heterocycles. The number of thioether (sulfide) groups is 1. The van der Waals surface area contributed by atoms with Crippen LogP contribution < -0.4 is 10.1 Å². The molecule has 21 heavy (non-hydrogen) atoms. The van der Waals surface area contributed by atoms with Gasteiger partial charge in [0.25, 0.3) is 5.91 Å². The van der Waals surface area contributed by atoms with Crippen LogP contribution in [0.25, 0.3) is 0 Å². The van der Waals surface area contributed by atoms with Crippen molar-refractivity contribution in [1.29, 1.82) is 0 Å². The molecule has 1 amide bonds. The normalized spacial score (nSPS) is 12.0. The number of hydrogen-bond donors (Lipinski definition) is 2. The minimum Gasteiger partial charge on any atom is -0.491 e. The zero-order valence-electron chi connectivity index (χ0n) is 12.5. The average Bonchev–Trinajstić information content (AvgIpc) is 2.43. The molecule has 1 rings (SSSR count). The molecule has 1 aromatic carbocycles. The number of carboxylic acid groups (broad SMARTS) is 1. The summed E-state index contributed by atoms with van der Waals surface area (Å²) in [5.41, 5.74) is 0.418. The molecule has 6 heteroatoms. The summed E-state index contributed by atoms with van der Waals surface area (Å²) in [7, 11) is 0. The Morgan fingerprint density at radius 1 is 1.29 bits per heavy atom. The molecule has 1 aromatic rings. The fourth-order valence-corrected chi connectivity index (χ4v) is 2.16. The van der Waals surface area contributed by atoms with E-state index in [1.807, 2.05) is 20.1 Å². The van der Waals surface area contributed by atoms with Crippen LogP contribution in [0.4, 0.5) is 0 Å². The van der Waals surface area contributed by atoms with Gasteiger partial charge in [0, 0.05) is 5.56 Å². The Balaban J connectivity index is 2.67. The number of benzene rings is 1. The maximum Gasteiger partial charge on any atom is 0.326 e. The highest BCUT2D eigenvalue weighted by Gasteiger charge is 2.20. The van der Waals surface area contributed by atoms with Gasteiger partial charge >= 0.3 is 5.97 Å². The van der Waals surface area contributed by atoms with E-state index in [0.29, 0.717) is 23.5 Å². The number of carbonyl (C=O) groups excluding carboxylic acids is 1. The molecule has 0 aliphatic heterocycles. The topological polar surface area (TPSA) is 75.6 Å². The Morgan fingerprint density at radius 2 is 1.90 bits per heavy atom. The third-order valence-corrected chi connectivity index (χ3v) is 3.35. The van der Waals surface area contributed by atoms with Crippen molar-refractivity contribution in [2.45, 2.75) is 32.4 Å². The monoisotopic (exact) mass is 311 g/mol. The highest BCUT2D eigenvalue weighted by Crippen LogP contribution is 2.14. The molecular weight excluding hydrogens is 290 g/mol. The molecule has 0 aliphatic carbocycles. The first-order valence-electron chi connectivity index (χ1n) is 6.73. The molecule has 0 aromatic heterocycles. The Bertz CT molecular complexity index is 473. The largest absolute Gasteiger partial charge is 0.491 e. The summed E-state index contributed by atoms with van der Waals surface area (Å²) in [5.74, 6) is -0.0474. The van der Waals surface area contributed by atoms with E-state index in [-0.39, 0.29) is 12.0 Å². The van der Waals surface area contributed by atoms with Crippen LogP contribution in [-0.4, -0.2) is 41.1 Å². The second-order valence-electron chi connectivity index (χ2n) is 4.84. The first-order valence-corrected chi connectivity index (χ1v) is 8.12. The van der Waals surface area contributed by atoms with Crippen molar-refractivity contribution in [1.82, 2.24) is 5.32 Å². The van der Waals surface area contributed by atoms with Gasteiger partial charge in [-0.15, -0.1) is 0 Å². The molecule has 0 aliphatic rings. The summed E-state index contributed by atoms with van der Waals surface area (Å²) in [5, 5.41) is 11.6. The minimum atomic E-state index is -1.02. The lowest BCUT2D eigenvalue weighted by atomic mass is 10.1. The van der Waals surface area contributed by atoms with Gasteiger partial charge in [0.1, 0.15) is 11.8 Å². The summed E-state index contributed by atoms with van der Waals surface area (Å²) in [6.45, 7) is 3.84. The van der Waals surface area contributed by atoms with Crippen molar-refractivity contribution in [3.05, 3.63) is 29.8 Å². The molecule has 0 unspecified atom stereocenters. The molecule has 0 radical (unpaired) electrons. The molecule has 0 spiro atoms. The second kappa shape index (κ2) is 8.56. The lowest BCUT2D eigenvalue weighted by molar-refractivity contribution is -0.139. The SMILES string of the molecule is CSCC[C@@H](NC(=O)c1ccc(OC(C)C)cc1)C(=O)O. The van der Waals surface area contributed by atoms with Gasteiger partial charge in [-0.25, -0.2) is 4.79 Å². The van der Waals surface area contributed by atoms with Gasteiger partial charge in [0.2, 0.25) is 0 Å². The average molecular weight is 311 g/mol. The summed E-state index contributed by atoms with van der Waals surface area (Å²) in [6.07, 6.45) is 2.36. The molecule has 2 N–H and O–H groups in total. The number of aliphatic carboxylic acids is 1. The predicted molar refractivity (Wildman–Crippen MR) is 84.1 cm³/mol. The van der Waals surface area contributed by atoms with Crippen molar-refractivity contribution in [3.8, 4) is 5.75 Å². The van der Waals surface area contributed by atoms with Crippen LogP contribution >= 0.6 is 11.8 Å². The first-order chi connectivity index (χ1) is 9.93. The Kier molecular flexibility index (Phi) is 7.08. The Labute approximate surface area is 129 Å². The van der Waals surface area contributed by atoms with Crippen molar-refractivity contribution in [3.63, 3.8) is 0 Å². The van der Waals surface area contributed by atoms with Gasteiger partial charge in [-0.1, -0.05) is 0 Å². The fraction of sp³-hybridized carbons (Fsp3) is 0.467. The number of amides is 1. The molecular formula is C15H21NO4S. The maximum absolute atomic E-state index is 12.0. The number of carbonyl (C=O) groups is 2. The smallest absolute Gasteiger partial charge is 0.326 e. The molecule has 0 fully saturated rings. The van der Waals surface area contributed by atoms with Crippen LogP contribution in [-0.2, 0) is 4.79 Å². The minimum absolute atomic E-state index is 0.0626. The number of hydrogen-bond acceptors (Lipinski definition) is 4. The second-order valence-corrected chi connectivity index (χ2v) is 5.82. The number of nitrogens with one attached hydrogen (secondary N) is 1. The maximum atomic E-state index is 12.0. The van der Waals surface area contributed by atoms with E-state index >= 15 is 0 Å². The fourth-order valence-electron chi connectivity index (χ4n) is 1.69. The number of ether oxygens (including phenoxy) is 1. The van der Waals surface area contributed by atoms with Gasteiger partial charge in [-0.05, 0) is 56.5 Å². The number of rotatable bonds is 8. The molecule has 0 heterocycles. The van der Waals surface area contributed by atoms with Crippen LogP contribution in [0.1, 0.15) is 30.6 Å². The van der Waals surface area contributed by atoms with Crippen LogP contribution in [0.15, 0.2) is 24.3 Å². The van der Waals surface area contributed by atoms with Crippen LogP contribution in [0.5, 0.6) is 5.75 Å². The van der Waals surface area contributed by atoms with Gasteiger partial charge in [-0.3, -0.25) is 4.79 Å². The Hall–Kier alpha value is -1.69. The summed E-state index contributed by atoms with van der Waals surface area (Å²) in [6, 6.07) is 5.79. The van der Waals surface area contributed by atoms with Crippen LogP contribution in [0.2, 0.25) is 0 Å². The summed E-state index contributed by atoms with van der Waals surface area (Å²) in [4.78, 5) is 23.1. The molecule has 0 bridgehead atoms. The molecule has 116 valence electrons. The molecule has 5 nitrogen and oxygen atoms in total. The van der Waals surface area contributed by atoms with Gasteiger partial charge < -0.3 is 15.2 Å². The first kappa shape index (κ1) is 17.4. The summed E-state index contributed by atoms with van der Waals surface area (Å²) >= 11 is 1.55. The third kappa shape index (κ3) is 6.08. The summed E-state index contributed by atoms with van der Waals surface area (Å²) < 4.78 is 5.49. The number of carboxylic acids is 1. The van der Waals surface area contributed by atoms with Gasteiger partial charge in [0.15, 0.2) is 0 Å². The van der Waals surface area contributed by atoms with Gasteiger partial charge in [0.05, 0.1) is 6.10 Å². The molecule has 0 saturated carbocycles. The van der Waals surface area contributed by atoms with Gasteiger partial charge in [-0.2, -0.15) is 11.8 Å². The van der Waals surface area contributed by atoms with Crippen molar-refractivity contribution in [2.75, 3.05) is 12.0 Å². The van der Waals surface area contributed by atoms with Crippen LogP contribution in [0, 0.1) is 0 Å². The lowest BCUT2D eigenvalue weighted by Crippen LogP contribution is -2.41. The zero-order chi connectivity index (χ0) is 15.8. The van der Waals surface area contributed by atoms with Crippen LogP contribution in [0.3, 0.4) is 0 Å². The van der Waals surface area contributed by atoms with E-state index < -0.39 is 12.0 Å². The van der Waals surface area contributed by atoms with Crippen molar-refractivity contribution in [2.24, 2.45) is 0 Å². The van der Waals surface area contributed by atoms with E-state index in [4.69, 9.17) is 9.84 Å². The lowest BCUT2D eigenvalue weighted by Gasteiger charge is -2.14. The van der Waals surface area contributed by atoms with Crippen molar-refractivity contribution >= 4 is 23.6 Å². The van der Waals surface area contributed by atoms with E-state index in [1.165, 1.54) is 0 Å². The Morgan fingerprint density at radius 3 is 2.38 bits per heavy atom. The quantitative estimate of drug-likeness (QED) is 0.771. The van der Waals surface area contributed by atoms with Crippen molar-refractivity contribution < 1.29 is 19.4 Å². The third-order valence-electron chi connectivity index (χ3n) is 2.70. The highest BCUT2D eigenvalue weighted by molar-refractivity contribution is 7.98. The zero-order valence-corrected chi connectivity index (χ0v) is 13.3. The van der Waals surface area contributed by atoms with E-state index in [1.54, 1.807) is 36.0 Å². The van der Waals surface area contributed by atoms with E-state index in [9.17, 15) is 9.59 Å². The standard InChI is InChI=1S/C15H21NO4S/c1-10(2)20-12-6-4-11(5-7-12)14(17)16-13(15(18)19)8-9-21-3/h4-7,10,13H,8-9H2,1-3H3,(H,16,17)(H,18,19)/t13-/m1/s1.